The van der Waals surface area contributed by atoms with Gasteiger partial charge in [-0.05, 0) is 22.0 Å². The summed E-state index contributed by atoms with van der Waals surface area (Å²) in [5.74, 6) is 0. The van der Waals surface area contributed by atoms with Crippen LogP contribution in [-0.2, 0) is 0 Å². The van der Waals surface area contributed by atoms with Gasteiger partial charge in [-0.25, -0.2) is 0 Å². The smallest absolute Gasteiger partial charge is 0.270 e. The molecule has 2 N–H and O–H groups in total. The summed E-state index contributed by atoms with van der Waals surface area (Å²) >= 11 is 4.69. The number of nitrogens with two attached hydrogens (primary N) is 1. The number of nitrogens with zero attached hydrogens (tertiary/aromatic N) is 1. The van der Waals surface area contributed by atoms with Crippen molar-refractivity contribution in [2.24, 2.45) is 0 Å². The molecule has 14 heavy (non-hydrogen) atoms. The van der Waals surface area contributed by atoms with Crippen LogP contribution in [0.15, 0.2) is 22.0 Å². The van der Waals surface area contributed by atoms with Crippen molar-refractivity contribution in [3.63, 3.8) is 0 Å². The van der Waals surface area contributed by atoms with Gasteiger partial charge in [0.05, 0.1) is 14.4 Å². The van der Waals surface area contributed by atoms with Crippen molar-refractivity contribution in [2.45, 2.75) is 0 Å². The zero-order valence-electron chi connectivity index (χ0n) is 6.86. The Morgan fingerprint density at radius 1 is 1.50 bits per heavy atom. The van der Waals surface area contributed by atoms with E-state index in [0.717, 1.165) is 13.9 Å². The molecule has 0 aliphatic heterocycles. The summed E-state index contributed by atoms with van der Waals surface area (Å²) in [6.07, 6.45) is 0. The molecule has 0 bridgehead atoms. The SMILES string of the molecule is Nc1c(Br)sc2cc([N+](=O)[O-])ccc12. The maximum absolute atomic E-state index is 10.5. The highest BCUT2D eigenvalue weighted by Gasteiger charge is 2.11. The summed E-state index contributed by atoms with van der Waals surface area (Å²) in [6, 6.07) is 4.66. The molecule has 0 saturated heterocycles. The molecule has 0 atom stereocenters. The van der Waals surface area contributed by atoms with Crippen LogP contribution in [0.25, 0.3) is 10.1 Å². The van der Waals surface area contributed by atoms with Crippen molar-refractivity contribution in [3.05, 3.63) is 32.1 Å². The number of hydrogen-bond acceptors (Lipinski definition) is 4. The van der Waals surface area contributed by atoms with Gasteiger partial charge in [-0.1, -0.05) is 0 Å². The lowest BCUT2D eigenvalue weighted by Gasteiger charge is -1.92. The first-order valence-electron chi connectivity index (χ1n) is 3.71. The van der Waals surface area contributed by atoms with Gasteiger partial charge in [-0.3, -0.25) is 10.1 Å². The first kappa shape index (κ1) is 9.42. The number of thiophene rings is 1. The third kappa shape index (κ3) is 1.36. The molecule has 0 fully saturated rings. The van der Waals surface area contributed by atoms with Gasteiger partial charge in [0.2, 0.25) is 0 Å². The van der Waals surface area contributed by atoms with Crippen LogP contribution in [0, 0.1) is 10.1 Å². The number of hydrogen-bond donors (Lipinski definition) is 1. The molecule has 0 spiro atoms. The summed E-state index contributed by atoms with van der Waals surface area (Å²) in [5.41, 5.74) is 6.49. The van der Waals surface area contributed by atoms with Gasteiger partial charge in [-0.2, -0.15) is 0 Å². The number of rotatable bonds is 1. The summed E-state index contributed by atoms with van der Waals surface area (Å²) in [7, 11) is 0. The van der Waals surface area contributed by atoms with Gasteiger partial charge >= 0.3 is 0 Å². The fourth-order valence-electron chi connectivity index (χ4n) is 1.19. The second-order valence-electron chi connectivity index (χ2n) is 2.73. The molecule has 2 rings (SSSR count). The third-order valence-electron chi connectivity index (χ3n) is 1.88. The van der Waals surface area contributed by atoms with Crippen molar-refractivity contribution in [3.8, 4) is 0 Å². The molecular weight excluding hydrogens is 268 g/mol. The molecule has 0 radical (unpaired) electrons. The van der Waals surface area contributed by atoms with Crippen molar-refractivity contribution >= 4 is 48.7 Å². The van der Waals surface area contributed by atoms with Crippen LogP contribution in [0.1, 0.15) is 0 Å². The van der Waals surface area contributed by atoms with E-state index in [1.807, 2.05) is 0 Å². The van der Waals surface area contributed by atoms with Gasteiger partial charge in [0.15, 0.2) is 0 Å². The van der Waals surface area contributed by atoms with E-state index in [2.05, 4.69) is 15.9 Å². The van der Waals surface area contributed by atoms with E-state index in [1.165, 1.54) is 23.5 Å². The summed E-state index contributed by atoms with van der Waals surface area (Å²) in [4.78, 5) is 10.1. The normalized spacial score (nSPS) is 10.6. The molecule has 1 aromatic heterocycles. The highest BCUT2D eigenvalue weighted by atomic mass is 79.9. The number of benzene rings is 1. The Labute approximate surface area is 91.6 Å². The largest absolute Gasteiger partial charge is 0.397 e. The molecule has 0 amide bonds. The lowest BCUT2D eigenvalue weighted by atomic mass is 10.2. The molecule has 4 nitrogen and oxygen atoms in total. The second kappa shape index (κ2) is 3.21. The number of non-ortho nitro benzene ring substituents is 1. The van der Waals surface area contributed by atoms with Crippen LogP contribution in [0.5, 0.6) is 0 Å². The lowest BCUT2D eigenvalue weighted by Crippen LogP contribution is -1.87. The predicted octanol–water partition coefficient (Wildman–Crippen LogP) is 3.15. The van der Waals surface area contributed by atoms with Crippen LogP contribution >= 0.6 is 27.3 Å². The minimum absolute atomic E-state index is 0.0891. The first-order chi connectivity index (χ1) is 6.59. The van der Waals surface area contributed by atoms with Gasteiger partial charge < -0.3 is 5.73 Å². The van der Waals surface area contributed by atoms with Gasteiger partial charge in [0.25, 0.3) is 5.69 Å². The molecule has 0 saturated carbocycles. The molecule has 1 aromatic carbocycles. The van der Waals surface area contributed by atoms with E-state index in [4.69, 9.17) is 5.73 Å². The molecule has 0 unspecified atom stereocenters. The van der Waals surface area contributed by atoms with Crippen LogP contribution in [0.4, 0.5) is 11.4 Å². The number of nitro benzene ring substituents is 1. The average molecular weight is 273 g/mol. The summed E-state index contributed by atoms with van der Waals surface area (Å²) in [5, 5.41) is 11.4. The molecule has 1 heterocycles. The van der Waals surface area contributed by atoms with Crippen LogP contribution in [0.2, 0.25) is 0 Å². The maximum atomic E-state index is 10.5. The quantitative estimate of drug-likeness (QED) is 0.641. The van der Waals surface area contributed by atoms with Gasteiger partial charge in [-0.15, -0.1) is 11.3 Å². The van der Waals surface area contributed by atoms with Crippen molar-refractivity contribution < 1.29 is 4.92 Å². The monoisotopic (exact) mass is 272 g/mol. The predicted molar refractivity (Wildman–Crippen MR) is 60.6 cm³/mol. The van der Waals surface area contributed by atoms with Crippen LogP contribution in [0.3, 0.4) is 0 Å². The minimum Gasteiger partial charge on any atom is -0.397 e. The third-order valence-corrected chi connectivity index (χ3v) is 3.75. The van der Waals surface area contributed by atoms with E-state index < -0.39 is 4.92 Å². The fraction of sp³-hybridized carbons (Fsp3) is 0. The zero-order valence-corrected chi connectivity index (χ0v) is 9.26. The Morgan fingerprint density at radius 3 is 2.86 bits per heavy atom. The second-order valence-corrected chi connectivity index (χ2v) is 5.10. The van der Waals surface area contributed by atoms with Gasteiger partial charge in [0.1, 0.15) is 0 Å². The number of nitrogen functional groups attached to an aromatic ring is 1. The number of anilines is 1. The van der Waals surface area contributed by atoms with E-state index in [-0.39, 0.29) is 5.69 Å². The van der Waals surface area contributed by atoms with E-state index in [0.29, 0.717) is 5.69 Å². The summed E-state index contributed by atoms with van der Waals surface area (Å²) < 4.78 is 1.64. The highest BCUT2D eigenvalue weighted by molar-refractivity contribution is 9.11. The lowest BCUT2D eigenvalue weighted by molar-refractivity contribution is -0.384. The maximum Gasteiger partial charge on any atom is 0.270 e. The van der Waals surface area contributed by atoms with Crippen molar-refractivity contribution in [1.29, 1.82) is 0 Å². The number of nitro groups is 1. The molecular formula is C8H5BrN2O2S. The Balaban J connectivity index is 2.73. The van der Waals surface area contributed by atoms with Crippen LogP contribution in [-0.4, -0.2) is 4.92 Å². The zero-order chi connectivity index (χ0) is 10.3. The minimum atomic E-state index is -0.413. The number of fused-ring (bicyclic) bond motifs is 1. The number of halogens is 1. The molecule has 72 valence electrons. The van der Waals surface area contributed by atoms with Crippen molar-refractivity contribution in [1.82, 2.24) is 0 Å². The Hall–Kier alpha value is -1.14. The first-order valence-corrected chi connectivity index (χ1v) is 5.32. The Kier molecular flexibility index (Phi) is 2.16. The van der Waals surface area contributed by atoms with E-state index in [9.17, 15) is 10.1 Å². The Bertz CT molecular complexity index is 523. The fourth-order valence-corrected chi connectivity index (χ4v) is 2.81. The summed E-state index contributed by atoms with van der Waals surface area (Å²) in [6.45, 7) is 0. The molecule has 0 aliphatic rings. The molecule has 6 heteroatoms. The van der Waals surface area contributed by atoms with Gasteiger partial charge in [0, 0.05) is 22.2 Å². The molecule has 0 aliphatic carbocycles. The van der Waals surface area contributed by atoms with E-state index >= 15 is 0 Å². The highest BCUT2D eigenvalue weighted by Crippen LogP contribution is 2.38. The van der Waals surface area contributed by atoms with Crippen LogP contribution < -0.4 is 5.73 Å². The van der Waals surface area contributed by atoms with Crippen molar-refractivity contribution in [2.75, 3.05) is 5.73 Å². The van der Waals surface area contributed by atoms with E-state index in [1.54, 1.807) is 6.07 Å². The topological polar surface area (TPSA) is 69.2 Å². The molecule has 2 aromatic rings. The standard InChI is InChI=1S/C8H5BrN2O2S/c9-8-7(10)5-2-1-4(11(12)13)3-6(5)14-8/h1-3H,10H2. The average Bonchev–Trinajstić information content (AvgIpc) is 2.42. The Morgan fingerprint density at radius 2 is 2.21 bits per heavy atom.